The van der Waals surface area contributed by atoms with Crippen molar-refractivity contribution < 1.29 is 9.53 Å². The van der Waals surface area contributed by atoms with Crippen LogP contribution in [-0.2, 0) is 11.2 Å². The second-order valence-electron chi connectivity index (χ2n) is 4.83. The van der Waals surface area contributed by atoms with Gasteiger partial charge in [-0.15, -0.1) is 0 Å². The molecule has 0 aliphatic rings. The standard InChI is InChI=1S/C17H15N3O2S/c1-22-14-10-6-5-9-13(14)11-15(21)18-17-19-16(20-23-17)12-7-3-2-4-8-12/h2-10H,11H2,1H3,(H,18,19,20,21). The van der Waals surface area contributed by atoms with Crippen LogP contribution in [0.5, 0.6) is 5.75 Å². The van der Waals surface area contributed by atoms with Gasteiger partial charge in [-0.1, -0.05) is 48.5 Å². The summed E-state index contributed by atoms with van der Waals surface area (Å²) in [6.45, 7) is 0. The van der Waals surface area contributed by atoms with Crippen molar-refractivity contribution in [2.24, 2.45) is 0 Å². The molecule has 1 amide bonds. The van der Waals surface area contributed by atoms with Gasteiger partial charge in [-0.2, -0.15) is 9.36 Å². The molecule has 3 rings (SSSR count). The van der Waals surface area contributed by atoms with Crippen LogP contribution < -0.4 is 10.1 Å². The third-order valence-corrected chi connectivity index (χ3v) is 3.88. The van der Waals surface area contributed by atoms with Crippen LogP contribution in [-0.4, -0.2) is 22.4 Å². The topological polar surface area (TPSA) is 64.1 Å². The maximum absolute atomic E-state index is 12.2. The summed E-state index contributed by atoms with van der Waals surface area (Å²) in [5, 5.41) is 3.27. The molecule has 1 heterocycles. The van der Waals surface area contributed by atoms with Crippen molar-refractivity contribution in [2.75, 3.05) is 12.4 Å². The number of nitrogens with one attached hydrogen (secondary N) is 1. The van der Waals surface area contributed by atoms with Crippen LogP contribution in [0.15, 0.2) is 54.6 Å². The molecule has 5 nitrogen and oxygen atoms in total. The predicted octanol–water partition coefficient (Wildman–Crippen LogP) is 3.39. The zero-order chi connectivity index (χ0) is 16.1. The molecule has 0 unspecified atom stereocenters. The summed E-state index contributed by atoms with van der Waals surface area (Å²) in [6.07, 6.45) is 0.226. The van der Waals surface area contributed by atoms with Gasteiger partial charge in [0.05, 0.1) is 13.5 Å². The fourth-order valence-electron chi connectivity index (χ4n) is 2.16. The average molecular weight is 325 g/mol. The van der Waals surface area contributed by atoms with E-state index in [2.05, 4.69) is 14.7 Å². The highest BCUT2D eigenvalue weighted by atomic mass is 32.1. The average Bonchev–Trinajstić information content (AvgIpc) is 3.04. The van der Waals surface area contributed by atoms with Gasteiger partial charge >= 0.3 is 0 Å². The van der Waals surface area contributed by atoms with Crippen LogP contribution in [0.1, 0.15) is 5.56 Å². The second-order valence-corrected chi connectivity index (χ2v) is 5.58. The van der Waals surface area contributed by atoms with E-state index in [1.807, 2.05) is 54.6 Å². The number of aromatic nitrogens is 2. The molecule has 0 bridgehead atoms. The third kappa shape index (κ3) is 3.73. The summed E-state index contributed by atoms with van der Waals surface area (Å²) >= 11 is 1.17. The number of ether oxygens (including phenoxy) is 1. The van der Waals surface area contributed by atoms with E-state index in [1.165, 1.54) is 11.5 Å². The first-order chi connectivity index (χ1) is 11.3. The van der Waals surface area contributed by atoms with Gasteiger partial charge in [-0.05, 0) is 6.07 Å². The lowest BCUT2D eigenvalue weighted by molar-refractivity contribution is -0.115. The number of amides is 1. The molecule has 1 N–H and O–H groups in total. The Morgan fingerprint density at radius 3 is 2.65 bits per heavy atom. The van der Waals surface area contributed by atoms with Crippen molar-refractivity contribution in [2.45, 2.75) is 6.42 Å². The van der Waals surface area contributed by atoms with E-state index in [-0.39, 0.29) is 12.3 Å². The highest BCUT2D eigenvalue weighted by Crippen LogP contribution is 2.22. The minimum absolute atomic E-state index is 0.148. The highest BCUT2D eigenvalue weighted by molar-refractivity contribution is 7.10. The van der Waals surface area contributed by atoms with Crippen LogP contribution in [0, 0.1) is 0 Å². The molecule has 1 aromatic heterocycles. The molecule has 0 saturated carbocycles. The van der Waals surface area contributed by atoms with Crippen molar-refractivity contribution >= 4 is 22.6 Å². The number of carbonyl (C=O) groups is 1. The van der Waals surface area contributed by atoms with Gasteiger partial charge in [0.2, 0.25) is 11.0 Å². The molecule has 6 heteroatoms. The summed E-state index contributed by atoms with van der Waals surface area (Å²) in [6, 6.07) is 17.1. The Hall–Kier alpha value is -2.73. The number of hydrogen-bond acceptors (Lipinski definition) is 5. The number of hydrogen-bond donors (Lipinski definition) is 1. The second kappa shape index (κ2) is 7.02. The molecule has 116 valence electrons. The van der Waals surface area contributed by atoms with Gasteiger partial charge in [0, 0.05) is 22.7 Å². The zero-order valence-corrected chi connectivity index (χ0v) is 13.3. The number of anilines is 1. The maximum Gasteiger partial charge on any atom is 0.230 e. The number of benzene rings is 2. The molecule has 0 spiro atoms. The number of methoxy groups -OCH3 is 1. The lowest BCUT2D eigenvalue weighted by Gasteiger charge is -2.07. The van der Waals surface area contributed by atoms with Crippen molar-refractivity contribution in [3.05, 3.63) is 60.2 Å². The molecule has 0 radical (unpaired) electrons. The van der Waals surface area contributed by atoms with Gasteiger partial charge in [-0.3, -0.25) is 4.79 Å². The summed E-state index contributed by atoms with van der Waals surface area (Å²) in [5.41, 5.74) is 1.76. The summed E-state index contributed by atoms with van der Waals surface area (Å²) in [4.78, 5) is 16.5. The Balaban J connectivity index is 1.68. The van der Waals surface area contributed by atoms with Crippen LogP contribution >= 0.6 is 11.5 Å². The first-order valence-electron chi connectivity index (χ1n) is 7.07. The first-order valence-corrected chi connectivity index (χ1v) is 7.84. The van der Waals surface area contributed by atoms with Gasteiger partial charge in [0.1, 0.15) is 5.75 Å². The minimum Gasteiger partial charge on any atom is -0.496 e. The van der Waals surface area contributed by atoms with Crippen molar-refractivity contribution in [1.29, 1.82) is 0 Å². The Kier molecular flexibility index (Phi) is 4.63. The van der Waals surface area contributed by atoms with Gasteiger partial charge < -0.3 is 10.1 Å². The molecular formula is C17H15N3O2S. The molecule has 0 aliphatic heterocycles. The molecular weight excluding hydrogens is 310 g/mol. The van der Waals surface area contributed by atoms with E-state index >= 15 is 0 Å². The Labute approximate surface area is 138 Å². The fraction of sp³-hybridized carbons (Fsp3) is 0.118. The van der Waals surface area contributed by atoms with E-state index in [0.29, 0.717) is 16.7 Å². The predicted molar refractivity (Wildman–Crippen MR) is 90.7 cm³/mol. The summed E-state index contributed by atoms with van der Waals surface area (Å²) in [5.74, 6) is 1.17. The van der Waals surface area contributed by atoms with Crippen LogP contribution in [0.2, 0.25) is 0 Å². The van der Waals surface area contributed by atoms with E-state index in [1.54, 1.807) is 7.11 Å². The van der Waals surface area contributed by atoms with Gasteiger partial charge in [-0.25, -0.2) is 0 Å². The SMILES string of the molecule is COc1ccccc1CC(=O)Nc1nc(-c2ccccc2)ns1. The minimum atomic E-state index is -0.148. The largest absolute Gasteiger partial charge is 0.496 e. The monoisotopic (exact) mass is 325 g/mol. The maximum atomic E-state index is 12.2. The highest BCUT2D eigenvalue weighted by Gasteiger charge is 2.12. The fourth-order valence-corrected chi connectivity index (χ4v) is 2.77. The summed E-state index contributed by atoms with van der Waals surface area (Å²) in [7, 11) is 1.59. The molecule has 0 aliphatic carbocycles. The van der Waals surface area contributed by atoms with Gasteiger partial charge in [0.25, 0.3) is 0 Å². The molecule has 2 aromatic carbocycles. The number of nitrogens with zero attached hydrogens (tertiary/aromatic N) is 2. The van der Waals surface area contributed by atoms with E-state index in [4.69, 9.17) is 4.74 Å². The molecule has 23 heavy (non-hydrogen) atoms. The van der Waals surface area contributed by atoms with E-state index in [9.17, 15) is 4.79 Å². The normalized spacial score (nSPS) is 10.3. The lowest BCUT2D eigenvalue weighted by atomic mass is 10.1. The number of para-hydroxylation sites is 1. The number of carbonyl (C=O) groups excluding carboxylic acids is 1. The molecule has 0 fully saturated rings. The quantitative estimate of drug-likeness (QED) is 0.781. The smallest absolute Gasteiger partial charge is 0.230 e. The Morgan fingerprint density at radius 1 is 1.13 bits per heavy atom. The van der Waals surface area contributed by atoms with E-state index in [0.717, 1.165) is 11.1 Å². The summed E-state index contributed by atoms with van der Waals surface area (Å²) < 4.78 is 9.52. The van der Waals surface area contributed by atoms with Crippen molar-refractivity contribution in [1.82, 2.24) is 9.36 Å². The molecule has 3 aromatic rings. The third-order valence-electron chi connectivity index (χ3n) is 3.25. The van der Waals surface area contributed by atoms with Gasteiger partial charge in [0.15, 0.2) is 5.82 Å². The Morgan fingerprint density at radius 2 is 1.87 bits per heavy atom. The van der Waals surface area contributed by atoms with Crippen LogP contribution in [0.25, 0.3) is 11.4 Å². The molecule has 0 saturated heterocycles. The van der Waals surface area contributed by atoms with Crippen molar-refractivity contribution in [3.8, 4) is 17.1 Å². The lowest BCUT2D eigenvalue weighted by Crippen LogP contribution is -2.14. The van der Waals surface area contributed by atoms with Crippen molar-refractivity contribution in [3.63, 3.8) is 0 Å². The Bertz CT molecular complexity index is 802. The first kappa shape index (κ1) is 15.2. The molecule has 0 atom stereocenters. The number of rotatable bonds is 5. The van der Waals surface area contributed by atoms with Crippen LogP contribution in [0.4, 0.5) is 5.13 Å². The van der Waals surface area contributed by atoms with E-state index < -0.39 is 0 Å². The van der Waals surface area contributed by atoms with Crippen LogP contribution in [0.3, 0.4) is 0 Å². The zero-order valence-electron chi connectivity index (χ0n) is 12.5.